The second-order valence-electron chi connectivity index (χ2n) is 7.82. The number of ether oxygens (including phenoxy) is 1. The van der Waals surface area contributed by atoms with Gasteiger partial charge in [-0.25, -0.2) is 0 Å². The summed E-state index contributed by atoms with van der Waals surface area (Å²) in [4.78, 5) is 31.8. The van der Waals surface area contributed by atoms with Crippen LogP contribution in [0.3, 0.4) is 0 Å². The van der Waals surface area contributed by atoms with Gasteiger partial charge in [-0.05, 0) is 44.4 Å². The molecule has 156 valence electrons. The summed E-state index contributed by atoms with van der Waals surface area (Å²) in [7, 11) is 1.89. The van der Waals surface area contributed by atoms with E-state index in [4.69, 9.17) is 4.74 Å². The standard InChI is InChI=1S/C23H26N4O3/c1-4-30-23(29)20-12-16(20)13-27(14-17-11-15(2)26(3)25-17)22(28)19-9-10-24-21-8-6-5-7-18(19)21/h5-11,16,20H,4,12-14H2,1-3H3/t16-,20-/m0/s1. The number of esters is 1. The van der Waals surface area contributed by atoms with E-state index in [2.05, 4.69) is 10.1 Å². The van der Waals surface area contributed by atoms with Crippen molar-refractivity contribution in [2.45, 2.75) is 26.8 Å². The molecular weight excluding hydrogens is 380 g/mol. The molecule has 2 heterocycles. The van der Waals surface area contributed by atoms with Crippen LogP contribution >= 0.6 is 0 Å². The Morgan fingerprint density at radius 3 is 2.80 bits per heavy atom. The highest BCUT2D eigenvalue weighted by Gasteiger charge is 2.45. The first-order chi connectivity index (χ1) is 14.5. The van der Waals surface area contributed by atoms with Crippen LogP contribution in [0.4, 0.5) is 0 Å². The fraction of sp³-hybridized carbons (Fsp3) is 0.391. The minimum Gasteiger partial charge on any atom is -0.466 e. The lowest BCUT2D eigenvalue weighted by Crippen LogP contribution is -2.33. The Morgan fingerprint density at radius 2 is 2.07 bits per heavy atom. The summed E-state index contributed by atoms with van der Waals surface area (Å²) in [6, 6.07) is 11.4. The maximum absolute atomic E-state index is 13.6. The Labute approximate surface area is 175 Å². The molecule has 0 N–H and O–H groups in total. The van der Waals surface area contributed by atoms with Crippen molar-refractivity contribution >= 4 is 22.8 Å². The van der Waals surface area contributed by atoms with Crippen LogP contribution in [0.25, 0.3) is 10.9 Å². The smallest absolute Gasteiger partial charge is 0.309 e. The highest BCUT2D eigenvalue weighted by molar-refractivity contribution is 6.06. The van der Waals surface area contributed by atoms with E-state index in [1.165, 1.54) is 0 Å². The lowest BCUT2D eigenvalue weighted by molar-refractivity contribution is -0.145. The number of fused-ring (bicyclic) bond motifs is 1. The number of amides is 1. The first kappa shape index (κ1) is 20.1. The third kappa shape index (κ3) is 4.06. The molecule has 0 unspecified atom stereocenters. The van der Waals surface area contributed by atoms with Crippen molar-refractivity contribution < 1.29 is 14.3 Å². The van der Waals surface area contributed by atoms with Crippen LogP contribution in [0, 0.1) is 18.8 Å². The maximum Gasteiger partial charge on any atom is 0.309 e. The number of carbonyl (C=O) groups is 2. The van der Waals surface area contributed by atoms with Gasteiger partial charge in [-0.1, -0.05) is 18.2 Å². The Hall–Kier alpha value is -3.22. The van der Waals surface area contributed by atoms with Gasteiger partial charge in [0, 0.05) is 30.9 Å². The van der Waals surface area contributed by atoms with E-state index in [0.717, 1.165) is 28.7 Å². The molecule has 0 saturated heterocycles. The Kier molecular flexibility index (Phi) is 5.53. The monoisotopic (exact) mass is 406 g/mol. The predicted octanol–water partition coefficient (Wildman–Crippen LogP) is 3.12. The number of nitrogens with zero attached hydrogens (tertiary/aromatic N) is 4. The van der Waals surface area contributed by atoms with E-state index in [1.54, 1.807) is 21.8 Å². The van der Waals surface area contributed by atoms with Gasteiger partial charge in [-0.3, -0.25) is 19.3 Å². The molecule has 3 aromatic rings. The number of para-hydroxylation sites is 1. The fourth-order valence-corrected chi connectivity index (χ4v) is 3.85. The molecule has 7 nitrogen and oxygen atoms in total. The summed E-state index contributed by atoms with van der Waals surface area (Å²) in [6.45, 7) is 5.05. The second-order valence-corrected chi connectivity index (χ2v) is 7.82. The van der Waals surface area contributed by atoms with E-state index < -0.39 is 0 Å². The van der Waals surface area contributed by atoms with Gasteiger partial charge < -0.3 is 9.64 Å². The molecular formula is C23H26N4O3. The number of hydrogen-bond donors (Lipinski definition) is 0. The number of aromatic nitrogens is 3. The number of carbonyl (C=O) groups excluding carboxylic acids is 2. The van der Waals surface area contributed by atoms with E-state index in [1.807, 2.05) is 51.2 Å². The second kappa shape index (κ2) is 8.26. The van der Waals surface area contributed by atoms with Gasteiger partial charge >= 0.3 is 5.97 Å². The van der Waals surface area contributed by atoms with E-state index in [-0.39, 0.29) is 23.7 Å². The molecule has 1 aliphatic rings. The summed E-state index contributed by atoms with van der Waals surface area (Å²) in [5, 5.41) is 5.34. The van der Waals surface area contributed by atoms with Crippen molar-refractivity contribution in [1.29, 1.82) is 0 Å². The van der Waals surface area contributed by atoms with Crippen molar-refractivity contribution in [2.75, 3.05) is 13.2 Å². The number of hydrogen-bond acceptors (Lipinski definition) is 5. The minimum atomic E-state index is -0.169. The molecule has 2 aromatic heterocycles. The normalized spacial score (nSPS) is 17.7. The van der Waals surface area contributed by atoms with Gasteiger partial charge in [0.15, 0.2) is 0 Å². The van der Waals surface area contributed by atoms with Crippen LogP contribution in [-0.4, -0.2) is 44.7 Å². The van der Waals surface area contributed by atoms with Crippen molar-refractivity contribution in [1.82, 2.24) is 19.7 Å². The van der Waals surface area contributed by atoms with Crippen molar-refractivity contribution in [2.24, 2.45) is 18.9 Å². The number of pyridine rings is 1. The first-order valence-electron chi connectivity index (χ1n) is 10.3. The lowest BCUT2D eigenvalue weighted by atomic mass is 10.1. The average molecular weight is 406 g/mol. The minimum absolute atomic E-state index is 0.0774. The molecule has 0 bridgehead atoms. The van der Waals surface area contributed by atoms with Crippen molar-refractivity contribution in [3.63, 3.8) is 0 Å². The molecule has 2 atom stereocenters. The molecule has 1 fully saturated rings. The highest BCUT2D eigenvalue weighted by atomic mass is 16.5. The third-order valence-electron chi connectivity index (χ3n) is 5.65. The summed E-state index contributed by atoms with van der Waals surface area (Å²) in [5.74, 6) is -0.254. The first-order valence-corrected chi connectivity index (χ1v) is 10.3. The van der Waals surface area contributed by atoms with E-state index >= 15 is 0 Å². The molecule has 0 spiro atoms. The van der Waals surface area contributed by atoms with Gasteiger partial charge in [0.2, 0.25) is 0 Å². The SMILES string of the molecule is CCOC(=O)[C@H]1C[C@H]1CN(Cc1cc(C)n(C)n1)C(=O)c1ccnc2ccccc12. The van der Waals surface area contributed by atoms with E-state index in [9.17, 15) is 9.59 Å². The molecule has 4 rings (SSSR count). The van der Waals surface area contributed by atoms with Gasteiger partial charge in [0.25, 0.3) is 5.91 Å². The fourth-order valence-electron chi connectivity index (χ4n) is 3.85. The summed E-state index contributed by atoms with van der Waals surface area (Å²) in [5.41, 5.74) is 3.26. The zero-order valence-corrected chi connectivity index (χ0v) is 17.5. The zero-order chi connectivity index (χ0) is 21.3. The van der Waals surface area contributed by atoms with Gasteiger partial charge in [-0.2, -0.15) is 5.10 Å². The lowest BCUT2D eigenvalue weighted by Gasteiger charge is -2.23. The Balaban J connectivity index is 1.61. The summed E-state index contributed by atoms with van der Waals surface area (Å²) >= 11 is 0. The Morgan fingerprint density at radius 1 is 1.27 bits per heavy atom. The van der Waals surface area contributed by atoms with Crippen LogP contribution in [0.5, 0.6) is 0 Å². The third-order valence-corrected chi connectivity index (χ3v) is 5.65. The van der Waals surface area contributed by atoms with Crippen LogP contribution in [0.1, 0.15) is 35.1 Å². The molecule has 30 heavy (non-hydrogen) atoms. The van der Waals surface area contributed by atoms with E-state index in [0.29, 0.717) is 25.3 Å². The summed E-state index contributed by atoms with van der Waals surface area (Å²) < 4.78 is 6.96. The summed E-state index contributed by atoms with van der Waals surface area (Å²) in [6.07, 6.45) is 2.41. The molecule has 1 amide bonds. The number of benzene rings is 1. The van der Waals surface area contributed by atoms with Crippen molar-refractivity contribution in [3.05, 3.63) is 59.5 Å². The van der Waals surface area contributed by atoms with Crippen molar-refractivity contribution in [3.8, 4) is 0 Å². The Bertz CT molecular complexity index is 1070. The van der Waals surface area contributed by atoms with Crippen LogP contribution in [0.2, 0.25) is 0 Å². The van der Waals surface area contributed by atoms with Crippen LogP contribution < -0.4 is 0 Å². The quantitative estimate of drug-likeness (QED) is 0.564. The number of aryl methyl sites for hydroxylation is 2. The molecule has 0 radical (unpaired) electrons. The van der Waals surface area contributed by atoms with Crippen LogP contribution in [0.15, 0.2) is 42.6 Å². The zero-order valence-electron chi connectivity index (χ0n) is 17.5. The van der Waals surface area contributed by atoms with Crippen LogP contribution in [-0.2, 0) is 23.1 Å². The predicted molar refractivity (Wildman–Crippen MR) is 113 cm³/mol. The van der Waals surface area contributed by atoms with Gasteiger partial charge in [0.1, 0.15) is 0 Å². The molecule has 1 saturated carbocycles. The van der Waals surface area contributed by atoms with Gasteiger partial charge in [-0.15, -0.1) is 0 Å². The average Bonchev–Trinajstić information content (AvgIpc) is 3.44. The highest BCUT2D eigenvalue weighted by Crippen LogP contribution is 2.40. The van der Waals surface area contributed by atoms with Gasteiger partial charge in [0.05, 0.1) is 35.8 Å². The molecule has 1 aromatic carbocycles. The topological polar surface area (TPSA) is 77.3 Å². The number of rotatable bonds is 7. The maximum atomic E-state index is 13.6. The largest absolute Gasteiger partial charge is 0.466 e. The molecule has 1 aliphatic carbocycles. The molecule has 7 heteroatoms. The molecule has 0 aliphatic heterocycles.